The minimum Gasteiger partial charge on any atom is -0.399 e. The summed E-state index contributed by atoms with van der Waals surface area (Å²) in [6, 6.07) is 19.8. The Hall–Kier alpha value is -2.72. The van der Waals surface area contributed by atoms with Crippen molar-refractivity contribution in [3.63, 3.8) is 0 Å². The van der Waals surface area contributed by atoms with Crippen LogP contribution in [-0.4, -0.2) is 25.9 Å². The molecule has 3 aromatic rings. The van der Waals surface area contributed by atoms with Crippen LogP contribution in [-0.2, 0) is 20.2 Å². The minimum absolute atomic E-state index is 0.0666. The third-order valence-electron chi connectivity index (χ3n) is 3.72. The van der Waals surface area contributed by atoms with Gasteiger partial charge in [0.2, 0.25) is 0 Å². The van der Waals surface area contributed by atoms with Crippen molar-refractivity contribution >= 4 is 25.9 Å². The van der Waals surface area contributed by atoms with Gasteiger partial charge in [-0.25, -0.2) is 0 Å². The van der Waals surface area contributed by atoms with Crippen LogP contribution in [0.5, 0.6) is 0 Å². The summed E-state index contributed by atoms with van der Waals surface area (Å²) in [6.45, 7) is 5.72. The van der Waals surface area contributed by atoms with Gasteiger partial charge >= 0.3 is 0 Å². The Bertz CT molecular complexity index is 1040. The Balaban J connectivity index is 0.000000228. The quantitative estimate of drug-likeness (QED) is 0.395. The van der Waals surface area contributed by atoms with Gasteiger partial charge in [-0.05, 0) is 57.2 Å². The lowest BCUT2D eigenvalue weighted by molar-refractivity contribution is 0.481. The number of rotatable bonds is 2. The van der Waals surface area contributed by atoms with Gasteiger partial charge in [0, 0.05) is 5.69 Å². The minimum atomic E-state index is -4.02. The molecule has 0 saturated heterocycles. The SMILES string of the molecule is Cc1ccc(N)cc1.Cc1ccc(S(=O)(=O)O)cc1.Cc1ccc(S(=O)(=O)O)cc1. The maximum atomic E-state index is 10.5. The van der Waals surface area contributed by atoms with Crippen LogP contribution in [0, 0.1) is 20.8 Å². The Kier molecular flexibility index (Phi) is 9.19. The molecule has 3 aromatic carbocycles. The second-order valence-electron chi connectivity index (χ2n) is 6.49. The predicted molar refractivity (Wildman–Crippen MR) is 118 cm³/mol. The topological polar surface area (TPSA) is 135 Å². The molecular weight excluding hydrogens is 426 g/mol. The Morgan fingerprint density at radius 2 is 0.767 bits per heavy atom. The largest absolute Gasteiger partial charge is 0.399 e. The van der Waals surface area contributed by atoms with Gasteiger partial charge in [-0.15, -0.1) is 0 Å². The van der Waals surface area contributed by atoms with Crippen LogP contribution in [0.25, 0.3) is 0 Å². The standard InChI is InChI=1S/C7H9N.2C7H8O3S/c1-6-2-4-7(8)5-3-6;2*1-6-2-4-7(5-3-6)11(8,9)10/h2-5H,8H2,1H3;2*2-5H,1H3,(H,8,9,10). The second kappa shape index (κ2) is 10.9. The number of aryl methyl sites for hydroxylation is 3. The fraction of sp³-hybridized carbons (Fsp3) is 0.143. The first-order valence-electron chi connectivity index (χ1n) is 8.69. The molecule has 0 radical (unpaired) electrons. The lowest BCUT2D eigenvalue weighted by Gasteiger charge is -1.95. The fourth-order valence-electron chi connectivity index (χ4n) is 1.99. The summed E-state index contributed by atoms with van der Waals surface area (Å²) < 4.78 is 59.1. The predicted octanol–water partition coefficient (Wildman–Crippen LogP) is 4.06. The Labute approximate surface area is 177 Å². The number of nitrogen functional groups attached to an aromatic ring is 1. The molecule has 3 rings (SSSR count). The molecule has 0 spiro atoms. The van der Waals surface area contributed by atoms with Crippen molar-refractivity contribution in [3.05, 3.63) is 89.5 Å². The van der Waals surface area contributed by atoms with Gasteiger partial charge in [0.15, 0.2) is 0 Å². The summed E-state index contributed by atoms with van der Waals surface area (Å²) in [7, 11) is -8.04. The Morgan fingerprint density at radius 3 is 0.967 bits per heavy atom. The highest BCUT2D eigenvalue weighted by Gasteiger charge is 2.07. The van der Waals surface area contributed by atoms with E-state index >= 15 is 0 Å². The lowest BCUT2D eigenvalue weighted by Crippen LogP contribution is -1.96. The second-order valence-corrected chi connectivity index (χ2v) is 9.33. The molecule has 0 aliphatic heterocycles. The molecule has 0 aliphatic rings. The Morgan fingerprint density at radius 1 is 0.533 bits per heavy atom. The summed E-state index contributed by atoms with van der Waals surface area (Å²) in [5.74, 6) is 0. The fourth-order valence-corrected chi connectivity index (χ4v) is 2.95. The molecule has 9 heteroatoms. The molecule has 0 amide bonds. The molecule has 0 saturated carbocycles. The first-order valence-corrected chi connectivity index (χ1v) is 11.6. The van der Waals surface area contributed by atoms with Crippen molar-refractivity contribution < 1.29 is 25.9 Å². The summed E-state index contributed by atoms with van der Waals surface area (Å²) in [5, 5.41) is 0. The van der Waals surface area contributed by atoms with E-state index in [1.165, 1.54) is 29.8 Å². The van der Waals surface area contributed by atoms with Gasteiger partial charge in [0.25, 0.3) is 20.2 Å². The van der Waals surface area contributed by atoms with Crippen LogP contribution in [0.15, 0.2) is 82.6 Å². The van der Waals surface area contributed by atoms with E-state index in [1.807, 2.05) is 45.0 Å². The number of anilines is 1. The molecule has 0 bridgehead atoms. The first kappa shape index (κ1) is 25.3. The summed E-state index contributed by atoms with van der Waals surface area (Å²) in [4.78, 5) is -0.133. The van der Waals surface area contributed by atoms with Gasteiger partial charge in [0.1, 0.15) is 0 Å². The third kappa shape index (κ3) is 9.66. The van der Waals surface area contributed by atoms with Gasteiger partial charge in [0.05, 0.1) is 9.79 Å². The van der Waals surface area contributed by atoms with Gasteiger partial charge in [-0.3, -0.25) is 9.11 Å². The molecule has 0 heterocycles. The molecule has 7 nitrogen and oxygen atoms in total. The van der Waals surface area contributed by atoms with E-state index < -0.39 is 20.2 Å². The van der Waals surface area contributed by atoms with Crippen LogP contribution in [0.1, 0.15) is 16.7 Å². The highest BCUT2D eigenvalue weighted by Crippen LogP contribution is 2.09. The maximum absolute atomic E-state index is 10.5. The number of hydrogen-bond acceptors (Lipinski definition) is 5. The molecule has 0 atom stereocenters. The zero-order chi connectivity index (χ0) is 22.9. The van der Waals surface area contributed by atoms with E-state index in [2.05, 4.69) is 0 Å². The monoisotopic (exact) mass is 451 g/mol. The molecular formula is C21H25NO6S2. The molecule has 30 heavy (non-hydrogen) atoms. The lowest BCUT2D eigenvalue weighted by atomic mass is 10.2. The van der Waals surface area contributed by atoms with Crippen molar-refractivity contribution in [3.8, 4) is 0 Å². The molecule has 0 fully saturated rings. The van der Waals surface area contributed by atoms with E-state index in [1.54, 1.807) is 24.3 Å². The van der Waals surface area contributed by atoms with Crippen LogP contribution < -0.4 is 5.73 Å². The van der Waals surface area contributed by atoms with Gasteiger partial charge in [-0.1, -0.05) is 53.1 Å². The van der Waals surface area contributed by atoms with Crippen molar-refractivity contribution in [2.75, 3.05) is 5.73 Å². The first-order chi connectivity index (χ1) is 13.8. The molecule has 0 aliphatic carbocycles. The van der Waals surface area contributed by atoms with E-state index in [4.69, 9.17) is 14.8 Å². The van der Waals surface area contributed by atoms with Crippen molar-refractivity contribution in [1.29, 1.82) is 0 Å². The molecule has 0 unspecified atom stereocenters. The number of benzene rings is 3. The smallest absolute Gasteiger partial charge is 0.294 e. The van der Waals surface area contributed by atoms with E-state index in [-0.39, 0.29) is 9.79 Å². The zero-order valence-corrected chi connectivity index (χ0v) is 18.5. The molecule has 162 valence electrons. The highest BCUT2D eigenvalue weighted by molar-refractivity contribution is 7.86. The third-order valence-corrected chi connectivity index (χ3v) is 5.45. The summed E-state index contributed by atoms with van der Waals surface area (Å²) in [5.41, 5.74) is 9.42. The van der Waals surface area contributed by atoms with Crippen LogP contribution in [0.3, 0.4) is 0 Å². The number of hydrogen-bond donors (Lipinski definition) is 3. The average molecular weight is 452 g/mol. The normalized spacial score (nSPS) is 10.8. The maximum Gasteiger partial charge on any atom is 0.294 e. The van der Waals surface area contributed by atoms with Gasteiger partial charge in [-0.2, -0.15) is 16.8 Å². The van der Waals surface area contributed by atoms with Crippen LogP contribution in [0.4, 0.5) is 5.69 Å². The van der Waals surface area contributed by atoms with E-state index in [9.17, 15) is 16.8 Å². The summed E-state index contributed by atoms with van der Waals surface area (Å²) >= 11 is 0. The highest BCUT2D eigenvalue weighted by atomic mass is 32.2. The zero-order valence-electron chi connectivity index (χ0n) is 16.8. The van der Waals surface area contributed by atoms with Gasteiger partial charge < -0.3 is 5.73 Å². The summed E-state index contributed by atoms with van der Waals surface area (Å²) in [6.07, 6.45) is 0. The van der Waals surface area contributed by atoms with Crippen molar-refractivity contribution in [2.45, 2.75) is 30.6 Å². The average Bonchev–Trinajstić information content (AvgIpc) is 2.64. The molecule has 4 N–H and O–H groups in total. The van der Waals surface area contributed by atoms with E-state index in [0.29, 0.717) is 0 Å². The van der Waals surface area contributed by atoms with Crippen molar-refractivity contribution in [2.24, 2.45) is 0 Å². The van der Waals surface area contributed by atoms with Crippen molar-refractivity contribution in [1.82, 2.24) is 0 Å². The number of nitrogens with two attached hydrogens (primary N) is 1. The van der Waals surface area contributed by atoms with Crippen LogP contribution in [0.2, 0.25) is 0 Å². The van der Waals surface area contributed by atoms with E-state index in [0.717, 1.165) is 16.8 Å². The molecule has 0 aromatic heterocycles. The van der Waals surface area contributed by atoms with Crippen LogP contribution >= 0.6 is 0 Å².